The molecule has 0 saturated heterocycles. The maximum absolute atomic E-state index is 13.5. The van der Waals surface area contributed by atoms with Gasteiger partial charge in [-0.2, -0.15) is 0 Å². The van der Waals surface area contributed by atoms with E-state index in [2.05, 4.69) is 19.9 Å². The number of nitrogens with zero attached hydrogens (tertiary/aromatic N) is 4. The average Bonchev–Trinajstić information content (AvgIpc) is 3.19. The number of carbonyl (C=O) groups excluding carboxylic acids is 1. The van der Waals surface area contributed by atoms with Gasteiger partial charge in [0.1, 0.15) is 0 Å². The lowest BCUT2D eigenvalue weighted by Gasteiger charge is -2.22. The number of benzene rings is 2. The van der Waals surface area contributed by atoms with Crippen LogP contribution < -0.4 is 4.90 Å². The Morgan fingerprint density at radius 1 is 0.971 bits per heavy atom. The molecule has 10 heteroatoms. The van der Waals surface area contributed by atoms with Crippen molar-refractivity contribution in [3.8, 4) is 0 Å². The summed E-state index contributed by atoms with van der Waals surface area (Å²) in [6.07, 6.45) is 1.72. The van der Waals surface area contributed by atoms with Crippen LogP contribution in [0.2, 0.25) is 0 Å². The fraction of sp³-hybridized carbons (Fsp3) is 0.440. The first-order chi connectivity index (χ1) is 16.0. The molecule has 3 rings (SSSR count). The molecule has 0 radical (unpaired) electrons. The van der Waals surface area contributed by atoms with Gasteiger partial charge in [-0.1, -0.05) is 24.7 Å². The molecule has 7 nitrogen and oxygen atoms in total. The topological polar surface area (TPSA) is 73.8 Å². The number of sulfonamides is 1. The van der Waals surface area contributed by atoms with Crippen molar-refractivity contribution in [3.05, 3.63) is 53.1 Å². The van der Waals surface area contributed by atoms with Gasteiger partial charge >= 0.3 is 0 Å². The largest absolute Gasteiger partial charge is 0.308 e. The highest BCUT2D eigenvalue weighted by Gasteiger charge is 2.24. The molecule has 0 aliphatic carbocycles. The number of hydrogen-bond donors (Lipinski definition) is 0. The second-order valence-electron chi connectivity index (χ2n) is 8.87. The minimum atomic E-state index is -3.58. The molecule has 1 amide bonds. The van der Waals surface area contributed by atoms with Gasteiger partial charge in [0.05, 0.1) is 15.1 Å². The van der Waals surface area contributed by atoms with Gasteiger partial charge in [-0.25, -0.2) is 17.7 Å². The summed E-state index contributed by atoms with van der Waals surface area (Å²) in [5, 5.41) is 0.642. The Labute approximate surface area is 219 Å². The number of carbonyl (C=O) groups is 1. The van der Waals surface area contributed by atoms with Crippen LogP contribution in [0, 0.1) is 13.8 Å². The first kappa shape index (κ1) is 29.2. The Kier molecular flexibility index (Phi) is 10.2. The molecule has 0 saturated carbocycles. The Morgan fingerprint density at radius 2 is 1.60 bits per heavy atom. The van der Waals surface area contributed by atoms with Gasteiger partial charge < -0.3 is 4.90 Å². The fourth-order valence-electron chi connectivity index (χ4n) is 3.47. The van der Waals surface area contributed by atoms with Gasteiger partial charge in [-0.05, 0) is 81.9 Å². The predicted octanol–water partition coefficient (Wildman–Crippen LogP) is 4.96. The highest BCUT2D eigenvalue weighted by Crippen LogP contribution is 2.31. The van der Waals surface area contributed by atoms with Gasteiger partial charge in [-0.3, -0.25) is 9.69 Å². The molecule has 1 heterocycles. The number of likely N-dealkylation sites (N-methyl/N-ethyl adjacent to an activating group) is 1. The minimum absolute atomic E-state index is 0. The second-order valence-corrected chi connectivity index (χ2v) is 11.9. The van der Waals surface area contributed by atoms with Crippen molar-refractivity contribution >= 4 is 55.0 Å². The van der Waals surface area contributed by atoms with E-state index in [0.717, 1.165) is 28.6 Å². The molecule has 0 aliphatic rings. The van der Waals surface area contributed by atoms with Crippen molar-refractivity contribution in [2.75, 3.05) is 45.7 Å². The van der Waals surface area contributed by atoms with E-state index in [1.165, 1.54) is 33.3 Å². The Hall–Kier alpha value is -2.04. The molecule has 1 aromatic heterocycles. The summed E-state index contributed by atoms with van der Waals surface area (Å²) >= 11 is 1.49. The number of unbranched alkanes of at least 4 members (excludes halogenated alkanes) is 1. The van der Waals surface area contributed by atoms with E-state index in [-0.39, 0.29) is 23.2 Å². The summed E-state index contributed by atoms with van der Waals surface area (Å²) in [6.45, 7) is 7.76. The van der Waals surface area contributed by atoms with Crippen LogP contribution in [0.15, 0.2) is 41.3 Å². The van der Waals surface area contributed by atoms with Crippen LogP contribution in [0.3, 0.4) is 0 Å². The number of hydrogen-bond acceptors (Lipinski definition) is 6. The number of rotatable bonds is 10. The number of aromatic nitrogens is 1. The number of aryl methyl sites for hydroxylation is 2. The third-order valence-electron chi connectivity index (χ3n) is 5.88. The summed E-state index contributed by atoms with van der Waals surface area (Å²) in [5.41, 5.74) is 3.66. The van der Waals surface area contributed by atoms with Crippen molar-refractivity contribution in [3.63, 3.8) is 0 Å². The van der Waals surface area contributed by atoms with Gasteiger partial charge in [0, 0.05) is 32.2 Å². The molecule has 0 N–H and O–H groups in total. The van der Waals surface area contributed by atoms with E-state index in [0.29, 0.717) is 30.3 Å². The zero-order valence-corrected chi connectivity index (χ0v) is 23.7. The van der Waals surface area contributed by atoms with E-state index >= 15 is 0 Å². The zero-order valence-electron chi connectivity index (χ0n) is 21.2. The number of thiazole rings is 1. The summed E-state index contributed by atoms with van der Waals surface area (Å²) in [7, 11) is 1.93. The first-order valence-electron chi connectivity index (χ1n) is 11.5. The van der Waals surface area contributed by atoms with Gasteiger partial charge in [0.2, 0.25) is 10.0 Å². The zero-order chi connectivity index (χ0) is 25.0. The van der Waals surface area contributed by atoms with Crippen LogP contribution in [-0.2, 0) is 10.0 Å². The Balaban J connectivity index is 0.00000432. The summed E-state index contributed by atoms with van der Waals surface area (Å²) in [4.78, 5) is 22.2. The Bertz CT molecular complexity index is 1220. The molecule has 192 valence electrons. The second kappa shape index (κ2) is 12.3. The van der Waals surface area contributed by atoms with Crippen molar-refractivity contribution in [1.82, 2.24) is 14.2 Å². The SMILES string of the molecule is CCCCN(C)S(=O)(=O)c1ccc(C(=O)N(CCN(C)C)c2nc3cc(C)c(C)cc3s2)cc1.Cl. The lowest BCUT2D eigenvalue weighted by molar-refractivity contribution is 0.0985. The van der Waals surface area contributed by atoms with E-state index in [4.69, 9.17) is 4.98 Å². The summed E-state index contributed by atoms with van der Waals surface area (Å²) in [5.74, 6) is -0.197. The van der Waals surface area contributed by atoms with Crippen molar-refractivity contribution in [2.45, 2.75) is 38.5 Å². The lowest BCUT2D eigenvalue weighted by Crippen LogP contribution is -2.36. The third-order valence-corrected chi connectivity index (χ3v) is 8.79. The molecular formula is C25H35ClN4O3S2. The van der Waals surface area contributed by atoms with Crippen molar-refractivity contribution < 1.29 is 13.2 Å². The molecule has 0 bridgehead atoms. The van der Waals surface area contributed by atoms with Crippen molar-refractivity contribution in [1.29, 1.82) is 0 Å². The van der Waals surface area contributed by atoms with Crippen LogP contribution in [-0.4, -0.2) is 69.3 Å². The molecule has 0 atom stereocenters. The minimum Gasteiger partial charge on any atom is -0.308 e. The molecule has 2 aromatic carbocycles. The van der Waals surface area contributed by atoms with Crippen LogP contribution in [0.25, 0.3) is 10.2 Å². The van der Waals surface area contributed by atoms with E-state index < -0.39 is 10.0 Å². The smallest absolute Gasteiger partial charge is 0.260 e. The van der Waals surface area contributed by atoms with E-state index in [1.54, 1.807) is 24.1 Å². The van der Waals surface area contributed by atoms with Crippen LogP contribution in [0.1, 0.15) is 41.3 Å². The summed E-state index contributed by atoms with van der Waals surface area (Å²) in [6, 6.07) is 10.4. The predicted molar refractivity (Wildman–Crippen MR) is 148 cm³/mol. The number of anilines is 1. The number of fused-ring (bicyclic) bond motifs is 1. The van der Waals surface area contributed by atoms with Crippen molar-refractivity contribution in [2.24, 2.45) is 0 Å². The monoisotopic (exact) mass is 538 g/mol. The van der Waals surface area contributed by atoms with Crippen LogP contribution in [0.5, 0.6) is 0 Å². The average molecular weight is 539 g/mol. The first-order valence-corrected chi connectivity index (χ1v) is 13.7. The molecule has 0 spiro atoms. The molecule has 3 aromatic rings. The van der Waals surface area contributed by atoms with E-state index in [9.17, 15) is 13.2 Å². The molecular weight excluding hydrogens is 504 g/mol. The molecule has 0 aliphatic heterocycles. The van der Waals surface area contributed by atoms with Gasteiger partial charge in [-0.15, -0.1) is 12.4 Å². The maximum atomic E-state index is 13.5. The third kappa shape index (κ3) is 6.80. The molecule has 35 heavy (non-hydrogen) atoms. The standard InChI is InChI=1S/C25H34N4O3S2.ClH/c1-7-8-13-28(6)34(31,32)21-11-9-20(10-12-21)24(30)29(15-14-27(4)5)25-26-22-16-18(2)19(3)17-23(22)33-25;/h9-12,16-17H,7-8,13-15H2,1-6H3;1H. The maximum Gasteiger partial charge on any atom is 0.260 e. The normalized spacial score (nSPS) is 11.8. The fourth-order valence-corrected chi connectivity index (χ4v) is 5.75. The lowest BCUT2D eigenvalue weighted by atomic mass is 10.1. The number of halogens is 1. The Morgan fingerprint density at radius 3 is 2.20 bits per heavy atom. The highest BCUT2D eigenvalue weighted by atomic mass is 35.5. The quantitative estimate of drug-likeness (QED) is 0.364. The van der Waals surface area contributed by atoms with Crippen LogP contribution in [0.4, 0.5) is 5.13 Å². The highest BCUT2D eigenvalue weighted by molar-refractivity contribution is 7.89. The van der Waals surface area contributed by atoms with Crippen LogP contribution >= 0.6 is 23.7 Å². The molecule has 0 unspecified atom stereocenters. The summed E-state index contributed by atoms with van der Waals surface area (Å²) < 4.78 is 28.0. The molecule has 0 fully saturated rings. The number of amides is 1. The van der Waals surface area contributed by atoms with Gasteiger partial charge in [0.25, 0.3) is 5.91 Å². The van der Waals surface area contributed by atoms with E-state index in [1.807, 2.05) is 32.0 Å². The van der Waals surface area contributed by atoms with Gasteiger partial charge in [0.15, 0.2) is 5.13 Å².